The molecule has 8 heteroatoms. The van der Waals surface area contributed by atoms with E-state index in [-0.39, 0.29) is 0 Å². The van der Waals surface area contributed by atoms with Gasteiger partial charge in [-0.3, -0.25) is 0 Å². The van der Waals surface area contributed by atoms with Crippen LogP contribution in [0.15, 0.2) is 58.6 Å². The zero-order valence-electron chi connectivity index (χ0n) is 34.9. The van der Waals surface area contributed by atoms with E-state index < -0.39 is 70.4 Å². The van der Waals surface area contributed by atoms with Gasteiger partial charge in [0, 0.05) is 0 Å². The molecule has 0 aromatic heterocycles. The first-order valence-corrected chi connectivity index (χ1v) is 46.7. The van der Waals surface area contributed by atoms with Crippen LogP contribution in [0.1, 0.15) is 27.0 Å². The van der Waals surface area contributed by atoms with Gasteiger partial charge in [-0.1, -0.05) is 0 Å². The van der Waals surface area contributed by atoms with Gasteiger partial charge in [0.25, 0.3) is 0 Å². The normalized spacial score (nSPS) is 17.2. The summed E-state index contributed by atoms with van der Waals surface area (Å²) in [6, 6.07) is 5.98. The molecule has 1 heterocycles. The third kappa shape index (κ3) is 8.12. The van der Waals surface area contributed by atoms with Crippen LogP contribution in [-0.2, 0) is 4.28 Å². The molecule has 0 spiro atoms. The Morgan fingerprint density at radius 1 is 0.489 bits per heavy atom. The third-order valence-electron chi connectivity index (χ3n) is 11.1. The van der Waals surface area contributed by atoms with Crippen molar-refractivity contribution in [2.45, 2.75) is 152 Å². The molecule has 0 fully saturated rings. The number of benzene rings is 1. The monoisotopic (exact) mass is 812 g/mol. The van der Waals surface area contributed by atoms with E-state index >= 15 is 0 Å². The average molecular weight is 812 g/mol. The number of rotatable bonds is 11. The zero-order valence-corrected chi connectivity index (χ0v) is 43.9. The summed E-state index contributed by atoms with van der Waals surface area (Å²) in [6.45, 7) is 57.4. The van der Waals surface area contributed by atoms with Gasteiger partial charge in [-0.25, -0.2) is 0 Å². The Labute approximate surface area is 304 Å². The average Bonchev–Trinajstić information content (AvgIpc) is 3.01. The number of hydrogen-bond donors (Lipinski definition) is 0. The van der Waals surface area contributed by atoms with Crippen LogP contribution in [-0.4, -0.2) is 75.3 Å². The fourth-order valence-corrected chi connectivity index (χ4v) is 74.5. The van der Waals surface area contributed by atoms with Gasteiger partial charge in [0.1, 0.15) is 0 Å². The van der Waals surface area contributed by atoms with Crippen molar-refractivity contribution >= 4 is 79.7 Å². The molecule has 1 aromatic rings. The van der Waals surface area contributed by atoms with Crippen LogP contribution < -0.4 is 4.40 Å². The summed E-state index contributed by atoms with van der Waals surface area (Å²) in [4.78, 5) is 5.63. The van der Waals surface area contributed by atoms with E-state index in [1.165, 1.54) is 11.1 Å². The molecule has 0 nitrogen and oxygen atoms in total. The van der Waals surface area contributed by atoms with Gasteiger partial charge in [-0.05, 0) is 0 Å². The van der Waals surface area contributed by atoms with Crippen molar-refractivity contribution in [2.24, 2.45) is 0 Å². The van der Waals surface area contributed by atoms with Crippen molar-refractivity contribution in [1.29, 1.82) is 0 Å². The zero-order chi connectivity index (χ0) is 36.6. The van der Waals surface area contributed by atoms with Gasteiger partial charge in [0.05, 0.1) is 0 Å². The van der Waals surface area contributed by atoms with Crippen LogP contribution >= 0.6 is 0 Å². The van der Waals surface area contributed by atoms with Crippen molar-refractivity contribution in [3.05, 3.63) is 75.3 Å². The van der Waals surface area contributed by atoms with Crippen molar-refractivity contribution < 1.29 is 0 Å². The molecule has 262 valence electrons. The summed E-state index contributed by atoms with van der Waals surface area (Å²) in [6.07, 6.45) is 11.5. The van der Waals surface area contributed by atoms with E-state index in [1.54, 1.807) is 0 Å². The summed E-state index contributed by atoms with van der Waals surface area (Å²) in [7, 11) is -11.4. The number of fused-ring (bicyclic) bond motifs is 1. The Kier molecular flexibility index (Phi) is 11.7. The van der Waals surface area contributed by atoms with Crippen LogP contribution in [0.5, 0.6) is 0 Å². The molecule has 0 radical (unpaired) electrons. The predicted octanol–water partition coefficient (Wildman–Crippen LogP) is 11.9. The summed E-state index contributed by atoms with van der Waals surface area (Å²) in [5.74, 6) is 0. The maximum atomic E-state index is 2.99. The molecule has 0 atom stereocenters. The van der Waals surface area contributed by atoms with Gasteiger partial charge in [-0.15, -0.1) is 0 Å². The number of allylic oxidation sites excluding steroid dienone is 7. The Morgan fingerprint density at radius 2 is 0.872 bits per heavy atom. The van der Waals surface area contributed by atoms with E-state index in [0.29, 0.717) is 4.28 Å². The Morgan fingerprint density at radius 3 is 1.21 bits per heavy atom. The second kappa shape index (κ2) is 13.3. The molecule has 0 saturated heterocycles. The molecule has 2 aliphatic rings. The molecule has 0 bridgehead atoms. The molecule has 47 heavy (non-hydrogen) atoms. The first-order chi connectivity index (χ1) is 20.8. The minimum atomic E-state index is -1.95. The second-order valence-electron chi connectivity index (χ2n) is 22.4. The Balaban J connectivity index is 2.84. The molecule has 0 amide bonds. The first-order valence-electron chi connectivity index (χ1n) is 18.5. The third-order valence-corrected chi connectivity index (χ3v) is 55.8. The van der Waals surface area contributed by atoms with Gasteiger partial charge in [0.15, 0.2) is 0 Å². The minimum absolute atomic E-state index is 0.381. The summed E-state index contributed by atoms with van der Waals surface area (Å²) in [5, 5.41) is 1.49. The second-order valence-corrected chi connectivity index (χ2v) is 66.2. The quantitative estimate of drug-likeness (QED) is 0.195. The van der Waals surface area contributed by atoms with E-state index in [4.69, 9.17) is 0 Å². The van der Waals surface area contributed by atoms with E-state index in [2.05, 4.69) is 190 Å². The standard InChI is InChI=1S/C39H74GeSi7/c1-41(2,3)37(42(4,5)6)34-27-33(39(45(13,14)15,46(16,17)18)47(19,20)21)28-35(38(43(7,8)9)44(10,11)12)36(34)40-29-31-25-23-22-24-26-32(31)30-40/h22-30,37-38H,1-21H3. The number of hydrogen-bond acceptors (Lipinski definition) is 0. The molecule has 0 unspecified atom stereocenters. The first kappa shape index (κ1) is 41.5. The molecular formula is C39H74GeSi7. The fraction of sp³-hybridized carbons (Fsp3) is 0.615. The topological polar surface area (TPSA) is 0 Å². The molecule has 1 aliphatic heterocycles. The van der Waals surface area contributed by atoms with Gasteiger partial charge in [0.2, 0.25) is 0 Å². The molecular weight excluding hydrogens is 738 g/mol. The van der Waals surface area contributed by atoms with Gasteiger partial charge < -0.3 is 0 Å². The molecule has 0 N–H and O–H groups in total. The van der Waals surface area contributed by atoms with Crippen LogP contribution in [0.2, 0.25) is 137 Å². The van der Waals surface area contributed by atoms with Crippen molar-refractivity contribution in [3.63, 3.8) is 0 Å². The molecule has 3 rings (SSSR count). The predicted molar refractivity (Wildman–Crippen MR) is 243 cm³/mol. The molecule has 1 aliphatic carbocycles. The summed E-state index contributed by atoms with van der Waals surface area (Å²) < 4.78 is 2.29. The van der Waals surface area contributed by atoms with Crippen molar-refractivity contribution in [2.75, 3.05) is 0 Å². The Hall–Kier alpha value is 0.111. The van der Waals surface area contributed by atoms with Crippen LogP contribution in [0.3, 0.4) is 0 Å². The van der Waals surface area contributed by atoms with E-state index in [0.717, 1.165) is 10.3 Å². The van der Waals surface area contributed by atoms with Crippen LogP contribution in [0.4, 0.5) is 0 Å². The Bertz CT molecular complexity index is 1390. The van der Waals surface area contributed by atoms with Crippen molar-refractivity contribution in [1.82, 2.24) is 0 Å². The fourth-order valence-electron chi connectivity index (χ4n) is 12.2. The SMILES string of the molecule is C[Si](C)(C)C(c1cc(C([Si](C)(C)C)([Si](C)(C)C)[Si](C)(C)C)cc(C([Si](C)(C)C)[Si](C)(C)C)[c]1[Ge]1=[CH]C2=CC=CC=CC2=[CH]1)[Si](C)(C)C. The van der Waals surface area contributed by atoms with E-state index in [1.807, 2.05) is 21.1 Å². The molecule has 0 saturated carbocycles. The summed E-state index contributed by atoms with van der Waals surface area (Å²) in [5.41, 5.74) is 8.54. The maximum absolute atomic E-state index is 2.99. The molecule has 1 aromatic carbocycles. The summed E-state index contributed by atoms with van der Waals surface area (Å²) >= 11 is -1.95. The van der Waals surface area contributed by atoms with Crippen LogP contribution in [0.25, 0.3) is 0 Å². The van der Waals surface area contributed by atoms with E-state index in [9.17, 15) is 0 Å². The van der Waals surface area contributed by atoms with Crippen LogP contribution in [0, 0.1) is 0 Å². The van der Waals surface area contributed by atoms with Crippen molar-refractivity contribution in [3.8, 4) is 0 Å². The van der Waals surface area contributed by atoms with Gasteiger partial charge in [-0.2, -0.15) is 0 Å². The van der Waals surface area contributed by atoms with Gasteiger partial charge >= 0.3 is 307 Å².